The van der Waals surface area contributed by atoms with Crippen LogP contribution in [-0.2, 0) is 9.53 Å². The van der Waals surface area contributed by atoms with Crippen molar-refractivity contribution >= 4 is 5.91 Å². The van der Waals surface area contributed by atoms with E-state index >= 15 is 0 Å². The molecule has 0 bridgehead atoms. The summed E-state index contributed by atoms with van der Waals surface area (Å²) in [6.07, 6.45) is 0.0931. The maximum Gasteiger partial charge on any atom is 0.234 e. The molecule has 0 heterocycles. The van der Waals surface area contributed by atoms with E-state index in [9.17, 15) is 4.79 Å². The molecule has 0 rings (SSSR count). The van der Waals surface area contributed by atoms with E-state index in [0.29, 0.717) is 19.7 Å². The molecule has 0 spiro atoms. The van der Waals surface area contributed by atoms with Crippen LogP contribution < -0.4 is 10.6 Å². The van der Waals surface area contributed by atoms with Crippen LogP contribution in [-0.4, -0.2) is 38.3 Å². The van der Waals surface area contributed by atoms with Crippen LogP contribution >= 0.6 is 0 Å². The molecule has 0 aromatic heterocycles. The number of hydrogen-bond acceptors (Lipinski definition) is 3. The Hall–Kier alpha value is -0.610. The van der Waals surface area contributed by atoms with E-state index in [4.69, 9.17) is 4.74 Å². The Kier molecular flexibility index (Phi) is 7.63. The number of likely N-dealkylation sites (N-methyl/N-ethyl adjacent to an activating group) is 1. The summed E-state index contributed by atoms with van der Waals surface area (Å²) in [7, 11) is 0. The van der Waals surface area contributed by atoms with Crippen LogP contribution in [0.3, 0.4) is 0 Å². The van der Waals surface area contributed by atoms with Crippen LogP contribution in [0.2, 0.25) is 0 Å². The van der Waals surface area contributed by atoms with Gasteiger partial charge in [0.15, 0.2) is 0 Å². The first kappa shape index (κ1) is 12.4. The van der Waals surface area contributed by atoms with Crippen LogP contribution in [0.5, 0.6) is 0 Å². The lowest BCUT2D eigenvalue weighted by molar-refractivity contribution is -0.120. The zero-order valence-corrected chi connectivity index (χ0v) is 8.72. The topological polar surface area (TPSA) is 50.4 Å². The van der Waals surface area contributed by atoms with E-state index in [1.165, 1.54) is 0 Å². The van der Waals surface area contributed by atoms with Gasteiger partial charge in [-0.2, -0.15) is 0 Å². The van der Waals surface area contributed by atoms with Gasteiger partial charge in [0.05, 0.1) is 12.6 Å². The van der Waals surface area contributed by atoms with E-state index in [2.05, 4.69) is 10.6 Å². The molecule has 0 aromatic carbocycles. The molecule has 1 atom stereocenters. The second-order valence-corrected chi connectivity index (χ2v) is 2.85. The van der Waals surface area contributed by atoms with Crippen molar-refractivity contribution in [3.63, 3.8) is 0 Å². The largest absolute Gasteiger partial charge is 0.377 e. The van der Waals surface area contributed by atoms with Crippen LogP contribution in [0.1, 0.15) is 20.8 Å². The van der Waals surface area contributed by atoms with Gasteiger partial charge in [0.2, 0.25) is 5.91 Å². The Morgan fingerprint density at radius 1 is 1.46 bits per heavy atom. The lowest BCUT2D eigenvalue weighted by atomic mass is 10.4. The van der Waals surface area contributed by atoms with E-state index in [0.717, 1.165) is 6.54 Å². The summed E-state index contributed by atoms with van der Waals surface area (Å²) in [5.41, 5.74) is 0. The minimum Gasteiger partial charge on any atom is -0.377 e. The number of amides is 1. The molecule has 4 nitrogen and oxygen atoms in total. The third-order valence-electron chi connectivity index (χ3n) is 1.57. The molecule has 0 fully saturated rings. The van der Waals surface area contributed by atoms with E-state index in [-0.39, 0.29) is 12.0 Å². The molecule has 0 saturated heterocycles. The Bertz CT molecular complexity index is 140. The Morgan fingerprint density at radius 3 is 2.69 bits per heavy atom. The van der Waals surface area contributed by atoms with Crippen molar-refractivity contribution < 1.29 is 9.53 Å². The molecular weight excluding hydrogens is 168 g/mol. The quantitative estimate of drug-likeness (QED) is 0.597. The normalized spacial score (nSPS) is 12.5. The van der Waals surface area contributed by atoms with Gasteiger partial charge in [-0.1, -0.05) is 6.92 Å². The number of nitrogens with one attached hydrogen (secondary N) is 2. The van der Waals surface area contributed by atoms with Crippen molar-refractivity contribution in [2.75, 3.05) is 26.2 Å². The highest BCUT2D eigenvalue weighted by atomic mass is 16.5. The molecule has 78 valence electrons. The number of hydrogen-bond donors (Lipinski definition) is 2. The predicted molar refractivity (Wildman–Crippen MR) is 52.6 cm³/mol. The highest BCUT2D eigenvalue weighted by Gasteiger charge is 2.03. The minimum absolute atomic E-state index is 0.0217. The number of ether oxygens (including phenoxy) is 1. The smallest absolute Gasteiger partial charge is 0.234 e. The second kappa shape index (κ2) is 8.01. The molecular formula is C9H20N2O2. The summed E-state index contributed by atoms with van der Waals surface area (Å²) >= 11 is 0. The van der Waals surface area contributed by atoms with Gasteiger partial charge < -0.3 is 15.4 Å². The molecule has 0 aliphatic carbocycles. The SMILES string of the molecule is CCNCC(=O)NCC(C)OCC. The molecule has 1 unspecified atom stereocenters. The summed E-state index contributed by atoms with van der Waals surface area (Å²) < 4.78 is 5.26. The molecule has 0 saturated carbocycles. The van der Waals surface area contributed by atoms with Crippen LogP contribution in [0.4, 0.5) is 0 Å². The van der Waals surface area contributed by atoms with E-state index < -0.39 is 0 Å². The predicted octanol–water partition coefficient (Wildman–Crippen LogP) is 0.137. The fraction of sp³-hybridized carbons (Fsp3) is 0.889. The highest BCUT2D eigenvalue weighted by molar-refractivity contribution is 5.77. The first-order chi connectivity index (χ1) is 6.20. The molecule has 2 N–H and O–H groups in total. The Balaban J connectivity index is 3.34. The van der Waals surface area contributed by atoms with Gasteiger partial charge in [-0.3, -0.25) is 4.79 Å². The molecule has 1 amide bonds. The average Bonchev–Trinajstić information content (AvgIpc) is 2.12. The molecule has 13 heavy (non-hydrogen) atoms. The third-order valence-corrected chi connectivity index (χ3v) is 1.57. The summed E-state index contributed by atoms with van der Waals surface area (Å²) in [6, 6.07) is 0. The fourth-order valence-electron chi connectivity index (χ4n) is 0.902. The van der Waals surface area contributed by atoms with Crippen molar-refractivity contribution in [2.24, 2.45) is 0 Å². The first-order valence-electron chi connectivity index (χ1n) is 4.79. The van der Waals surface area contributed by atoms with Crippen LogP contribution in [0, 0.1) is 0 Å². The van der Waals surface area contributed by atoms with Gasteiger partial charge in [0, 0.05) is 13.2 Å². The average molecular weight is 188 g/mol. The maximum atomic E-state index is 11.1. The van der Waals surface area contributed by atoms with Crippen molar-refractivity contribution in [1.82, 2.24) is 10.6 Å². The minimum atomic E-state index is 0.0217. The molecule has 0 aromatic rings. The first-order valence-corrected chi connectivity index (χ1v) is 4.79. The van der Waals surface area contributed by atoms with Crippen molar-refractivity contribution in [1.29, 1.82) is 0 Å². The van der Waals surface area contributed by atoms with Crippen LogP contribution in [0.25, 0.3) is 0 Å². The fourth-order valence-corrected chi connectivity index (χ4v) is 0.902. The number of carbonyl (C=O) groups is 1. The number of carbonyl (C=O) groups excluding carboxylic acids is 1. The van der Waals surface area contributed by atoms with Crippen molar-refractivity contribution in [3.8, 4) is 0 Å². The van der Waals surface area contributed by atoms with Gasteiger partial charge >= 0.3 is 0 Å². The standard InChI is InChI=1S/C9H20N2O2/c1-4-10-7-9(12)11-6-8(3)13-5-2/h8,10H,4-7H2,1-3H3,(H,11,12). The van der Waals surface area contributed by atoms with Gasteiger partial charge in [-0.25, -0.2) is 0 Å². The van der Waals surface area contributed by atoms with Crippen LogP contribution in [0.15, 0.2) is 0 Å². The van der Waals surface area contributed by atoms with Gasteiger partial charge in [0.1, 0.15) is 0 Å². The highest BCUT2D eigenvalue weighted by Crippen LogP contribution is 1.86. The Morgan fingerprint density at radius 2 is 2.15 bits per heavy atom. The molecule has 0 aliphatic rings. The third kappa shape index (κ3) is 7.74. The summed E-state index contributed by atoms with van der Waals surface area (Å²) in [5, 5.41) is 5.73. The summed E-state index contributed by atoms with van der Waals surface area (Å²) in [4.78, 5) is 11.1. The van der Waals surface area contributed by atoms with Crippen molar-refractivity contribution in [2.45, 2.75) is 26.9 Å². The van der Waals surface area contributed by atoms with Gasteiger partial charge in [-0.05, 0) is 20.4 Å². The summed E-state index contributed by atoms with van der Waals surface area (Å²) in [6.45, 7) is 8.32. The number of rotatable bonds is 7. The molecule has 4 heteroatoms. The van der Waals surface area contributed by atoms with Gasteiger partial charge in [0.25, 0.3) is 0 Å². The van der Waals surface area contributed by atoms with E-state index in [1.807, 2.05) is 20.8 Å². The monoisotopic (exact) mass is 188 g/mol. The lowest BCUT2D eigenvalue weighted by Crippen LogP contribution is -2.38. The van der Waals surface area contributed by atoms with Crippen molar-refractivity contribution in [3.05, 3.63) is 0 Å². The lowest BCUT2D eigenvalue weighted by Gasteiger charge is -2.12. The maximum absolute atomic E-state index is 11.1. The van der Waals surface area contributed by atoms with Gasteiger partial charge in [-0.15, -0.1) is 0 Å². The Labute approximate surface area is 80.0 Å². The molecule has 0 radical (unpaired) electrons. The zero-order chi connectivity index (χ0) is 10.1. The van der Waals surface area contributed by atoms with E-state index in [1.54, 1.807) is 0 Å². The zero-order valence-electron chi connectivity index (χ0n) is 8.72. The molecule has 0 aliphatic heterocycles. The summed E-state index contributed by atoms with van der Waals surface area (Å²) in [5.74, 6) is 0.0217. The second-order valence-electron chi connectivity index (χ2n) is 2.85.